The highest BCUT2D eigenvalue weighted by Crippen LogP contribution is 2.22. The summed E-state index contributed by atoms with van der Waals surface area (Å²) in [6.45, 7) is 7.18. The minimum atomic E-state index is -0.423. The fraction of sp³-hybridized carbons (Fsp3) is 0.842. The van der Waals surface area contributed by atoms with E-state index in [1.165, 1.54) is 12.8 Å². The standard InChI is InChI=1S/C19H34N4O3/c1-15(2)23(13-17(20)24)14-18(25)21-11-7-16(8-12-21)19(26)22-9-5-3-4-6-10-22/h15-16H,3-14H2,1-2H3,(H2,20,24). The lowest BCUT2D eigenvalue weighted by Gasteiger charge is -2.35. The molecule has 0 saturated carbocycles. The molecule has 0 unspecified atom stereocenters. The van der Waals surface area contributed by atoms with E-state index in [0.29, 0.717) is 13.1 Å². The second kappa shape index (κ2) is 9.90. The molecule has 0 aliphatic carbocycles. The maximum atomic E-state index is 12.7. The van der Waals surface area contributed by atoms with Crippen LogP contribution in [0.2, 0.25) is 0 Å². The number of nitrogens with zero attached hydrogens (tertiary/aromatic N) is 3. The number of amides is 3. The lowest BCUT2D eigenvalue weighted by Crippen LogP contribution is -2.49. The number of likely N-dealkylation sites (tertiary alicyclic amines) is 2. The van der Waals surface area contributed by atoms with Crippen LogP contribution in [0.1, 0.15) is 52.4 Å². The van der Waals surface area contributed by atoms with E-state index in [-0.39, 0.29) is 36.9 Å². The van der Waals surface area contributed by atoms with Gasteiger partial charge in [-0.15, -0.1) is 0 Å². The van der Waals surface area contributed by atoms with Gasteiger partial charge in [0.15, 0.2) is 0 Å². The van der Waals surface area contributed by atoms with Gasteiger partial charge in [-0.1, -0.05) is 12.8 Å². The summed E-state index contributed by atoms with van der Waals surface area (Å²) in [6.07, 6.45) is 6.11. The molecule has 0 aromatic heterocycles. The molecule has 0 aromatic carbocycles. The summed E-state index contributed by atoms with van der Waals surface area (Å²) in [7, 11) is 0. The van der Waals surface area contributed by atoms with E-state index in [1.807, 2.05) is 23.6 Å². The summed E-state index contributed by atoms with van der Waals surface area (Å²) in [5, 5.41) is 0. The van der Waals surface area contributed by atoms with E-state index in [9.17, 15) is 14.4 Å². The molecule has 2 rings (SSSR count). The summed E-state index contributed by atoms with van der Waals surface area (Å²) in [5.74, 6) is -0.0885. The second-order valence-corrected chi connectivity index (χ2v) is 7.86. The van der Waals surface area contributed by atoms with Gasteiger partial charge in [-0.25, -0.2) is 0 Å². The number of piperidine rings is 1. The summed E-state index contributed by atoms with van der Waals surface area (Å²) in [6, 6.07) is 0.0774. The molecule has 2 fully saturated rings. The van der Waals surface area contributed by atoms with Gasteiger partial charge in [0.1, 0.15) is 0 Å². The van der Waals surface area contributed by atoms with Gasteiger partial charge in [0.2, 0.25) is 17.7 Å². The Hall–Kier alpha value is -1.63. The number of nitrogens with two attached hydrogens (primary N) is 1. The minimum absolute atomic E-state index is 0.0145. The maximum absolute atomic E-state index is 12.7. The molecule has 0 bridgehead atoms. The molecule has 2 aliphatic rings. The Kier molecular flexibility index (Phi) is 7.87. The number of hydrogen-bond donors (Lipinski definition) is 1. The Morgan fingerprint density at radius 1 is 0.923 bits per heavy atom. The van der Waals surface area contributed by atoms with Crippen LogP contribution >= 0.6 is 0 Å². The van der Waals surface area contributed by atoms with Crippen LogP contribution in [0.25, 0.3) is 0 Å². The van der Waals surface area contributed by atoms with Crippen LogP contribution in [0, 0.1) is 5.92 Å². The third kappa shape index (κ3) is 5.97. The van der Waals surface area contributed by atoms with E-state index < -0.39 is 5.91 Å². The third-order valence-electron chi connectivity index (χ3n) is 5.54. The first-order valence-electron chi connectivity index (χ1n) is 9.97. The highest BCUT2D eigenvalue weighted by Gasteiger charge is 2.31. The van der Waals surface area contributed by atoms with Crippen molar-refractivity contribution in [2.24, 2.45) is 11.7 Å². The summed E-state index contributed by atoms with van der Waals surface area (Å²) < 4.78 is 0. The molecule has 2 aliphatic heterocycles. The summed E-state index contributed by atoms with van der Waals surface area (Å²) in [5.41, 5.74) is 5.27. The normalized spacial score (nSPS) is 19.7. The van der Waals surface area contributed by atoms with Gasteiger partial charge >= 0.3 is 0 Å². The lowest BCUT2D eigenvalue weighted by atomic mass is 9.95. The van der Waals surface area contributed by atoms with Crippen LogP contribution in [0.15, 0.2) is 0 Å². The van der Waals surface area contributed by atoms with Crippen LogP contribution in [0.3, 0.4) is 0 Å². The monoisotopic (exact) mass is 366 g/mol. The zero-order valence-corrected chi connectivity index (χ0v) is 16.3. The molecule has 2 N–H and O–H groups in total. The van der Waals surface area contributed by atoms with Gasteiger partial charge in [-0.3, -0.25) is 19.3 Å². The van der Waals surface area contributed by atoms with E-state index in [4.69, 9.17) is 5.73 Å². The van der Waals surface area contributed by atoms with E-state index >= 15 is 0 Å². The molecule has 0 aromatic rings. The highest BCUT2D eigenvalue weighted by atomic mass is 16.2. The largest absolute Gasteiger partial charge is 0.369 e. The number of carbonyl (C=O) groups is 3. The number of primary amides is 1. The van der Waals surface area contributed by atoms with Crippen molar-refractivity contribution < 1.29 is 14.4 Å². The average molecular weight is 367 g/mol. The third-order valence-corrected chi connectivity index (χ3v) is 5.54. The Morgan fingerprint density at radius 3 is 2.00 bits per heavy atom. The van der Waals surface area contributed by atoms with Crippen LogP contribution in [0.5, 0.6) is 0 Å². The Bertz CT molecular complexity index is 493. The maximum Gasteiger partial charge on any atom is 0.236 e. The highest BCUT2D eigenvalue weighted by molar-refractivity contribution is 5.82. The zero-order valence-electron chi connectivity index (χ0n) is 16.3. The first-order chi connectivity index (χ1) is 12.4. The van der Waals surface area contributed by atoms with Crippen molar-refractivity contribution in [1.29, 1.82) is 0 Å². The Labute approximate surface area is 156 Å². The molecule has 148 valence electrons. The Balaban J connectivity index is 1.82. The second-order valence-electron chi connectivity index (χ2n) is 7.86. The van der Waals surface area contributed by atoms with Gasteiger partial charge in [-0.2, -0.15) is 0 Å². The molecule has 2 saturated heterocycles. The number of hydrogen-bond acceptors (Lipinski definition) is 4. The Morgan fingerprint density at radius 2 is 1.50 bits per heavy atom. The van der Waals surface area contributed by atoms with Crippen LogP contribution in [-0.4, -0.2) is 77.7 Å². The quantitative estimate of drug-likeness (QED) is 0.754. The van der Waals surface area contributed by atoms with E-state index in [2.05, 4.69) is 0 Å². The average Bonchev–Trinajstić information content (AvgIpc) is 2.89. The molecule has 3 amide bonds. The summed E-state index contributed by atoms with van der Waals surface area (Å²) >= 11 is 0. The smallest absolute Gasteiger partial charge is 0.236 e. The number of carbonyl (C=O) groups excluding carboxylic acids is 3. The van der Waals surface area contributed by atoms with E-state index in [0.717, 1.165) is 38.8 Å². The molecule has 0 radical (unpaired) electrons. The predicted octanol–water partition coefficient (Wildman–Crippen LogP) is 0.823. The zero-order chi connectivity index (χ0) is 19.1. The van der Waals surface area contributed by atoms with Crippen molar-refractivity contribution in [3.8, 4) is 0 Å². The molecule has 7 heteroatoms. The fourth-order valence-corrected chi connectivity index (χ4v) is 3.82. The van der Waals surface area contributed by atoms with Crippen molar-refractivity contribution in [2.75, 3.05) is 39.3 Å². The first-order valence-corrected chi connectivity index (χ1v) is 9.97. The van der Waals surface area contributed by atoms with Crippen molar-refractivity contribution in [1.82, 2.24) is 14.7 Å². The summed E-state index contributed by atoms with van der Waals surface area (Å²) in [4.78, 5) is 42.1. The predicted molar refractivity (Wildman–Crippen MR) is 100 cm³/mol. The van der Waals surface area contributed by atoms with Crippen molar-refractivity contribution >= 4 is 17.7 Å². The van der Waals surface area contributed by atoms with E-state index in [1.54, 1.807) is 4.90 Å². The molecule has 0 spiro atoms. The van der Waals surface area contributed by atoms with Crippen LogP contribution in [0.4, 0.5) is 0 Å². The fourth-order valence-electron chi connectivity index (χ4n) is 3.82. The lowest BCUT2D eigenvalue weighted by molar-refractivity contribution is -0.141. The topological polar surface area (TPSA) is 87.0 Å². The first kappa shape index (κ1) is 20.7. The molecular weight excluding hydrogens is 332 g/mol. The SMILES string of the molecule is CC(C)N(CC(N)=O)CC(=O)N1CCC(C(=O)N2CCCCCC2)CC1. The van der Waals surface area contributed by atoms with Crippen molar-refractivity contribution in [3.63, 3.8) is 0 Å². The van der Waals surface area contributed by atoms with Crippen molar-refractivity contribution in [3.05, 3.63) is 0 Å². The van der Waals surface area contributed by atoms with Gasteiger partial charge in [-0.05, 0) is 39.5 Å². The van der Waals surface area contributed by atoms with Crippen molar-refractivity contribution in [2.45, 2.75) is 58.4 Å². The minimum Gasteiger partial charge on any atom is -0.369 e. The van der Waals surface area contributed by atoms with Gasteiger partial charge in [0.05, 0.1) is 13.1 Å². The number of rotatable bonds is 6. The van der Waals surface area contributed by atoms with Gasteiger partial charge in [0, 0.05) is 38.1 Å². The molecule has 0 atom stereocenters. The van der Waals surface area contributed by atoms with Gasteiger partial charge < -0.3 is 15.5 Å². The molecular formula is C19H34N4O3. The van der Waals surface area contributed by atoms with Crippen LogP contribution < -0.4 is 5.73 Å². The van der Waals surface area contributed by atoms with Crippen LogP contribution in [-0.2, 0) is 14.4 Å². The molecule has 26 heavy (non-hydrogen) atoms. The molecule has 7 nitrogen and oxygen atoms in total. The van der Waals surface area contributed by atoms with Gasteiger partial charge in [0.25, 0.3) is 0 Å². The molecule has 2 heterocycles.